The second-order valence-electron chi connectivity index (χ2n) is 5.99. The SMILES string of the molecule is Cc1cnc(N)c(S(=O)(=O)N2CCC(N3CCNCC3)C2)c1.Cl. The van der Waals surface area contributed by atoms with Crippen molar-refractivity contribution in [3.63, 3.8) is 0 Å². The number of anilines is 1. The molecule has 0 amide bonds. The number of nitrogens with one attached hydrogen (secondary N) is 1. The highest BCUT2D eigenvalue weighted by atomic mass is 35.5. The molecule has 2 saturated heterocycles. The number of sulfonamides is 1. The van der Waals surface area contributed by atoms with Crippen molar-refractivity contribution in [2.45, 2.75) is 24.3 Å². The number of nitrogen functional groups attached to an aromatic ring is 1. The first-order valence-corrected chi connectivity index (χ1v) is 9.09. The molecule has 0 bridgehead atoms. The first kappa shape index (κ1) is 18.4. The highest BCUT2D eigenvalue weighted by Crippen LogP contribution is 2.26. The van der Waals surface area contributed by atoms with Crippen molar-refractivity contribution in [2.24, 2.45) is 0 Å². The summed E-state index contributed by atoms with van der Waals surface area (Å²) in [6, 6.07) is 1.91. The van der Waals surface area contributed by atoms with Gasteiger partial charge in [0, 0.05) is 51.5 Å². The second kappa shape index (κ2) is 7.31. The molecule has 0 radical (unpaired) electrons. The number of nitrogens with zero attached hydrogens (tertiary/aromatic N) is 3. The van der Waals surface area contributed by atoms with Gasteiger partial charge in [-0.1, -0.05) is 0 Å². The molecule has 0 saturated carbocycles. The van der Waals surface area contributed by atoms with Gasteiger partial charge in [-0.2, -0.15) is 4.31 Å². The van der Waals surface area contributed by atoms with Crippen LogP contribution in [0.15, 0.2) is 17.2 Å². The molecule has 0 spiro atoms. The molecule has 130 valence electrons. The standard InChI is InChI=1S/C14H23N5O2S.ClH/c1-11-8-13(14(15)17-9-11)22(20,21)19-5-2-12(10-19)18-6-3-16-4-7-18;/h8-9,12,16H,2-7,10H2,1H3,(H2,15,17);1H. The molecule has 1 aromatic heterocycles. The Labute approximate surface area is 143 Å². The third-order valence-corrected chi connectivity index (χ3v) is 6.32. The van der Waals surface area contributed by atoms with Crippen molar-refractivity contribution in [3.8, 4) is 0 Å². The summed E-state index contributed by atoms with van der Waals surface area (Å²) in [7, 11) is -3.56. The predicted octanol–water partition coefficient (Wildman–Crippen LogP) is 0.0622. The lowest BCUT2D eigenvalue weighted by Gasteiger charge is -2.32. The number of rotatable bonds is 3. The number of aryl methyl sites for hydroxylation is 1. The number of nitrogens with two attached hydrogens (primary N) is 1. The molecular formula is C14H24ClN5O2S. The van der Waals surface area contributed by atoms with E-state index in [2.05, 4.69) is 15.2 Å². The van der Waals surface area contributed by atoms with Gasteiger partial charge >= 0.3 is 0 Å². The molecule has 1 unspecified atom stereocenters. The van der Waals surface area contributed by atoms with E-state index in [0.717, 1.165) is 38.2 Å². The minimum Gasteiger partial charge on any atom is -0.383 e. The molecule has 3 heterocycles. The van der Waals surface area contributed by atoms with Gasteiger partial charge < -0.3 is 11.1 Å². The zero-order valence-electron chi connectivity index (χ0n) is 13.2. The van der Waals surface area contributed by atoms with Crippen molar-refractivity contribution in [1.29, 1.82) is 0 Å². The van der Waals surface area contributed by atoms with Gasteiger partial charge in [-0.3, -0.25) is 4.90 Å². The first-order valence-electron chi connectivity index (χ1n) is 7.65. The summed E-state index contributed by atoms with van der Waals surface area (Å²) in [6.45, 7) is 6.80. The van der Waals surface area contributed by atoms with E-state index in [1.165, 1.54) is 0 Å². The van der Waals surface area contributed by atoms with Gasteiger partial charge in [0.2, 0.25) is 10.0 Å². The van der Waals surface area contributed by atoms with Crippen LogP contribution in [0.1, 0.15) is 12.0 Å². The minimum absolute atomic E-state index is 0. The monoisotopic (exact) mass is 361 g/mol. The number of hydrogen-bond acceptors (Lipinski definition) is 6. The van der Waals surface area contributed by atoms with Gasteiger partial charge in [-0.05, 0) is 25.0 Å². The average Bonchev–Trinajstić information content (AvgIpc) is 3.01. The van der Waals surface area contributed by atoms with Crippen LogP contribution in [-0.2, 0) is 10.0 Å². The van der Waals surface area contributed by atoms with E-state index >= 15 is 0 Å². The first-order chi connectivity index (χ1) is 10.5. The smallest absolute Gasteiger partial charge is 0.246 e. The van der Waals surface area contributed by atoms with Crippen molar-refractivity contribution in [1.82, 2.24) is 19.5 Å². The predicted molar refractivity (Wildman–Crippen MR) is 92.2 cm³/mol. The molecule has 3 rings (SSSR count). The fourth-order valence-electron chi connectivity index (χ4n) is 3.17. The lowest BCUT2D eigenvalue weighted by Crippen LogP contribution is -2.49. The Kier molecular flexibility index (Phi) is 5.85. The van der Waals surface area contributed by atoms with Crippen LogP contribution in [0.5, 0.6) is 0 Å². The normalized spacial score (nSPS) is 23.6. The summed E-state index contributed by atoms with van der Waals surface area (Å²) >= 11 is 0. The summed E-state index contributed by atoms with van der Waals surface area (Å²) in [5.41, 5.74) is 6.58. The quantitative estimate of drug-likeness (QED) is 0.791. The van der Waals surface area contributed by atoms with E-state index in [4.69, 9.17) is 5.73 Å². The maximum atomic E-state index is 12.8. The summed E-state index contributed by atoms with van der Waals surface area (Å²) in [6.07, 6.45) is 2.46. The van der Waals surface area contributed by atoms with Crippen LogP contribution in [0.4, 0.5) is 5.82 Å². The molecule has 2 aliphatic rings. The Morgan fingerprint density at radius 3 is 2.70 bits per heavy atom. The molecule has 23 heavy (non-hydrogen) atoms. The zero-order chi connectivity index (χ0) is 15.7. The van der Waals surface area contributed by atoms with E-state index in [1.54, 1.807) is 16.6 Å². The number of hydrogen-bond donors (Lipinski definition) is 2. The summed E-state index contributed by atoms with van der Waals surface area (Å²) < 4.78 is 27.2. The van der Waals surface area contributed by atoms with Gasteiger partial charge in [0.15, 0.2) is 0 Å². The lowest BCUT2D eigenvalue weighted by atomic mass is 10.2. The van der Waals surface area contributed by atoms with Gasteiger partial charge in [0.1, 0.15) is 10.7 Å². The number of halogens is 1. The topological polar surface area (TPSA) is 91.6 Å². The van der Waals surface area contributed by atoms with Gasteiger partial charge in [0.25, 0.3) is 0 Å². The van der Waals surface area contributed by atoms with Crippen LogP contribution in [0.2, 0.25) is 0 Å². The van der Waals surface area contributed by atoms with Crippen LogP contribution in [0.3, 0.4) is 0 Å². The maximum Gasteiger partial charge on any atom is 0.246 e. The Balaban J connectivity index is 0.00000192. The molecule has 1 aromatic rings. The van der Waals surface area contributed by atoms with E-state index in [-0.39, 0.29) is 23.1 Å². The van der Waals surface area contributed by atoms with Crippen LogP contribution in [-0.4, -0.2) is 67.9 Å². The molecule has 1 atom stereocenters. The average molecular weight is 362 g/mol. The van der Waals surface area contributed by atoms with Gasteiger partial charge in [-0.25, -0.2) is 13.4 Å². The molecule has 3 N–H and O–H groups in total. The molecule has 0 aliphatic carbocycles. The van der Waals surface area contributed by atoms with Crippen molar-refractivity contribution >= 4 is 28.2 Å². The molecule has 7 nitrogen and oxygen atoms in total. The van der Waals surface area contributed by atoms with Gasteiger partial charge in [-0.15, -0.1) is 12.4 Å². The van der Waals surface area contributed by atoms with Gasteiger partial charge in [0.05, 0.1) is 0 Å². The third-order valence-electron chi connectivity index (χ3n) is 4.43. The highest BCUT2D eigenvalue weighted by Gasteiger charge is 2.36. The van der Waals surface area contributed by atoms with Crippen LogP contribution in [0.25, 0.3) is 0 Å². The largest absolute Gasteiger partial charge is 0.383 e. The van der Waals surface area contributed by atoms with E-state index in [1.807, 2.05) is 6.92 Å². The summed E-state index contributed by atoms with van der Waals surface area (Å²) in [5, 5.41) is 3.32. The van der Waals surface area contributed by atoms with Crippen molar-refractivity contribution in [3.05, 3.63) is 17.8 Å². The zero-order valence-corrected chi connectivity index (χ0v) is 14.9. The third kappa shape index (κ3) is 3.77. The molecular weight excluding hydrogens is 338 g/mol. The second-order valence-corrected chi connectivity index (χ2v) is 7.89. The van der Waals surface area contributed by atoms with Crippen LogP contribution >= 0.6 is 12.4 Å². The number of pyridine rings is 1. The van der Waals surface area contributed by atoms with E-state index in [9.17, 15) is 8.42 Å². The molecule has 9 heteroatoms. The molecule has 2 aliphatic heterocycles. The van der Waals surface area contributed by atoms with Crippen LogP contribution < -0.4 is 11.1 Å². The van der Waals surface area contributed by atoms with E-state index < -0.39 is 10.0 Å². The Morgan fingerprint density at radius 2 is 2.00 bits per heavy atom. The Morgan fingerprint density at radius 1 is 1.30 bits per heavy atom. The molecule has 2 fully saturated rings. The Hall–Kier alpha value is -0.930. The summed E-state index contributed by atoms with van der Waals surface area (Å²) in [4.78, 5) is 6.49. The fourth-order valence-corrected chi connectivity index (χ4v) is 4.82. The maximum absolute atomic E-state index is 12.8. The molecule has 0 aromatic carbocycles. The van der Waals surface area contributed by atoms with Crippen molar-refractivity contribution < 1.29 is 8.42 Å². The van der Waals surface area contributed by atoms with Crippen LogP contribution in [0, 0.1) is 6.92 Å². The summed E-state index contributed by atoms with van der Waals surface area (Å²) in [5.74, 6) is 0.0798. The fraction of sp³-hybridized carbons (Fsp3) is 0.643. The number of aromatic nitrogens is 1. The van der Waals surface area contributed by atoms with E-state index in [0.29, 0.717) is 19.1 Å². The lowest BCUT2D eigenvalue weighted by molar-refractivity contribution is 0.179. The number of piperazine rings is 1. The Bertz CT molecular complexity index is 649. The highest BCUT2D eigenvalue weighted by molar-refractivity contribution is 7.89. The van der Waals surface area contributed by atoms with Crippen molar-refractivity contribution in [2.75, 3.05) is 45.0 Å². The minimum atomic E-state index is -3.56.